The molecule has 0 aliphatic carbocycles. The summed E-state index contributed by atoms with van der Waals surface area (Å²) in [6, 6.07) is 2.17. The summed E-state index contributed by atoms with van der Waals surface area (Å²) in [7, 11) is 0. The molecule has 1 aliphatic heterocycles. The summed E-state index contributed by atoms with van der Waals surface area (Å²) in [4.78, 5) is 6.82. The van der Waals surface area contributed by atoms with E-state index >= 15 is 0 Å². The lowest BCUT2D eigenvalue weighted by Gasteiger charge is -2.40. The number of hydrogen-bond donors (Lipinski definition) is 1. The standard InChI is InChI=1S/C16H27N3/c1-4-8-17-11-14-12-18-9-6-15(14)19-10-5-7-16(2,3)13-19/h6,9,12,17H,4-5,7-8,10-11,13H2,1-3H3. The van der Waals surface area contributed by atoms with Gasteiger partial charge < -0.3 is 10.2 Å². The fraction of sp³-hybridized carbons (Fsp3) is 0.688. The van der Waals surface area contributed by atoms with E-state index in [1.807, 2.05) is 12.4 Å². The SMILES string of the molecule is CCCNCc1cnccc1N1CCCC(C)(C)C1. The van der Waals surface area contributed by atoms with Gasteiger partial charge in [-0.1, -0.05) is 20.8 Å². The van der Waals surface area contributed by atoms with Gasteiger partial charge in [0.25, 0.3) is 0 Å². The molecule has 3 nitrogen and oxygen atoms in total. The molecule has 0 atom stereocenters. The number of piperidine rings is 1. The van der Waals surface area contributed by atoms with Crippen molar-refractivity contribution in [3.05, 3.63) is 24.0 Å². The van der Waals surface area contributed by atoms with Crippen molar-refractivity contribution in [2.45, 2.75) is 46.6 Å². The number of anilines is 1. The van der Waals surface area contributed by atoms with Crippen LogP contribution in [0.2, 0.25) is 0 Å². The molecule has 0 radical (unpaired) electrons. The fourth-order valence-corrected chi connectivity index (χ4v) is 2.89. The Morgan fingerprint density at radius 2 is 2.26 bits per heavy atom. The second-order valence-electron chi connectivity index (χ2n) is 6.37. The van der Waals surface area contributed by atoms with Crippen LogP contribution >= 0.6 is 0 Å². The minimum absolute atomic E-state index is 0.426. The van der Waals surface area contributed by atoms with Crippen LogP contribution < -0.4 is 10.2 Å². The highest BCUT2D eigenvalue weighted by Crippen LogP contribution is 2.32. The molecule has 2 rings (SSSR count). The lowest BCUT2D eigenvalue weighted by Crippen LogP contribution is -2.40. The summed E-state index contributed by atoms with van der Waals surface area (Å²) in [5, 5.41) is 3.48. The van der Waals surface area contributed by atoms with Gasteiger partial charge in [-0.25, -0.2) is 0 Å². The number of aromatic nitrogens is 1. The molecule has 106 valence electrons. The van der Waals surface area contributed by atoms with E-state index in [4.69, 9.17) is 0 Å². The normalized spacial score (nSPS) is 18.6. The van der Waals surface area contributed by atoms with E-state index in [1.54, 1.807) is 0 Å². The maximum atomic E-state index is 4.29. The Kier molecular flexibility index (Phi) is 4.81. The topological polar surface area (TPSA) is 28.2 Å². The molecule has 0 spiro atoms. The molecule has 1 saturated heterocycles. The number of pyridine rings is 1. The summed E-state index contributed by atoms with van der Waals surface area (Å²) < 4.78 is 0. The smallest absolute Gasteiger partial charge is 0.0443 e. The van der Waals surface area contributed by atoms with E-state index in [-0.39, 0.29) is 0 Å². The third-order valence-corrected chi connectivity index (χ3v) is 3.86. The lowest BCUT2D eigenvalue weighted by molar-refractivity contribution is 0.293. The quantitative estimate of drug-likeness (QED) is 0.825. The molecular weight excluding hydrogens is 234 g/mol. The molecule has 1 N–H and O–H groups in total. The zero-order valence-electron chi connectivity index (χ0n) is 12.6. The molecule has 2 heterocycles. The van der Waals surface area contributed by atoms with Gasteiger partial charge in [-0.3, -0.25) is 4.98 Å². The third-order valence-electron chi connectivity index (χ3n) is 3.86. The van der Waals surface area contributed by atoms with Gasteiger partial charge in [-0.15, -0.1) is 0 Å². The second-order valence-corrected chi connectivity index (χ2v) is 6.37. The van der Waals surface area contributed by atoms with Crippen molar-refractivity contribution in [2.24, 2.45) is 5.41 Å². The molecule has 1 aromatic heterocycles. The van der Waals surface area contributed by atoms with Crippen molar-refractivity contribution in [1.29, 1.82) is 0 Å². The first-order valence-electron chi connectivity index (χ1n) is 7.51. The molecule has 1 aromatic rings. The van der Waals surface area contributed by atoms with Crippen LogP contribution in [0.3, 0.4) is 0 Å². The highest BCUT2D eigenvalue weighted by atomic mass is 15.1. The molecule has 0 unspecified atom stereocenters. The Morgan fingerprint density at radius 1 is 1.42 bits per heavy atom. The van der Waals surface area contributed by atoms with Crippen molar-refractivity contribution >= 4 is 5.69 Å². The molecule has 0 amide bonds. The molecular formula is C16H27N3. The Morgan fingerprint density at radius 3 is 3.00 bits per heavy atom. The average Bonchev–Trinajstić information content (AvgIpc) is 2.38. The van der Waals surface area contributed by atoms with E-state index in [9.17, 15) is 0 Å². The number of nitrogens with one attached hydrogen (secondary N) is 1. The van der Waals surface area contributed by atoms with Crippen LogP contribution in [0.1, 0.15) is 45.6 Å². The van der Waals surface area contributed by atoms with E-state index in [0.717, 1.165) is 19.6 Å². The van der Waals surface area contributed by atoms with Gasteiger partial charge in [0.05, 0.1) is 0 Å². The van der Waals surface area contributed by atoms with Gasteiger partial charge in [0, 0.05) is 43.3 Å². The first kappa shape index (κ1) is 14.3. The van der Waals surface area contributed by atoms with Gasteiger partial charge in [0.1, 0.15) is 0 Å². The van der Waals surface area contributed by atoms with Crippen LogP contribution in [-0.2, 0) is 6.54 Å². The Hall–Kier alpha value is -1.09. The maximum absolute atomic E-state index is 4.29. The van der Waals surface area contributed by atoms with Crippen LogP contribution in [0, 0.1) is 5.41 Å². The molecule has 19 heavy (non-hydrogen) atoms. The number of hydrogen-bond acceptors (Lipinski definition) is 3. The summed E-state index contributed by atoms with van der Waals surface area (Å²) in [6.07, 6.45) is 7.72. The maximum Gasteiger partial charge on any atom is 0.0443 e. The summed E-state index contributed by atoms with van der Waals surface area (Å²) >= 11 is 0. The van der Waals surface area contributed by atoms with Gasteiger partial charge in [0.2, 0.25) is 0 Å². The Bertz CT molecular complexity index is 401. The van der Waals surface area contributed by atoms with Crippen LogP contribution in [0.15, 0.2) is 18.5 Å². The second kappa shape index (κ2) is 6.38. The van der Waals surface area contributed by atoms with E-state index in [0.29, 0.717) is 5.41 Å². The number of nitrogens with zero attached hydrogens (tertiary/aromatic N) is 2. The van der Waals surface area contributed by atoms with Crippen molar-refractivity contribution in [2.75, 3.05) is 24.5 Å². The molecule has 3 heteroatoms. The monoisotopic (exact) mass is 261 g/mol. The zero-order valence-corrected chi connectivity index (χ0v) is 12.6. The molecule has 1 fully saturated rings. The zero-order chi connectivity index (χ0) is 13.7. The largest absolute Gasteiger partial charge is 0.371 e. The van der Waals surface area contributed by atoms with E-state index in [2.05, 4.69) is 42.0 Å². The van der Waals surface area contributed by atoms with Crippen LogP contribution in [-0.4, -0.2) is 24.6 Å². The Balaban J connectivity index is 2.10. The third kappa shape index (κ3) is 3.93. The first-order chi connectivity index (χ1) is 9.12. The fourth-order valence-electron chi connectivity index (χ4n) is 2.89. The van der Waals surface area contributed by atoms with Gasteiger partial charge >= 0.3 is 0 Å². The van der Waals surface area contributed by atoms with Crippen molar-refractivity contribution in [3.8, 4) is 0 Å². The van der Waals surface area contributed by atoms with Gasteiger partial charge in [-0.2, -0.15) is 0 Å². The Labute approximate surface area is 117 Å². The predicted molar refractivity (Wildman–Crippen MR) is 81.5 cm³/mol. The predicted octanol–water partition coefficient (Wildman–Crippen LogP) is 3.21. The van der Waals surface area contributed by atoms with Crippen molar-refractivity contribution in [3.63, 3.8) is 0 Å². The van der Waals surface area contributed by atoms with E-state index < -0.39 is 0 Å². The molecule has 1 aliphatic rings. The van der Waals surface area contributed by atoms with Crippen LogP contribution in [0.5, 0.6) is 0 Å². The summed E-state index contributed by atoms with van der Waals surface area (Å²) in [5.74, 6) is 0. The van der Waals surface area contributed by atoms with Crippen molar-refractivity contribution in [1.82, 2.24) is 10.3 Å². The number of rotatable bonds is 5. The van der Waals surface area contributed by atoms with Gasteiger partial charge in [-0.05, 0) is 37.3 Å². The molecule has 0 saturated carbocycles. The summed E-state index contributed by atoms with van der Waals surface area (Å²) in [6.45, 7) is 11.3. The highest BCUT2D eigenvalue weighted by molar-refractivity contribution is 5.52. The minimum Gasteiger partial charge on any atom is -0.371 e. The first-order valence-corrected chi connectivity index (χ1v) is 7.51. The minimum atomic E-state index is 0.426. The average molecular weight is 261 g/mol. The van der Waals surface area contributed by atoms with Crippen LogP contribution in [0.4, 0.5) is 5.69 Å². The summed E-state index contributed by atoms with van der Waals surface area (Å²) in [5.41, 5.74) is 3.12. The highest BCUT2D eigenvalue weighted by Gasteiger charge is 2.27. The molecule has 0 aromatic carbocycles. The van der Waals surface area contributed by atoms with Crippen molar-refractivity contribution < 1.29 is 0 Å². The van der Waals surface area contributed by atoms with E-state index in [1.165, 1.54) is 37.1 Å². The molecule has 0 bridgehead atoms. The van der Waals surface area contributed by atoms with Crippen LogP contribution in [0.25, 0.3) is 0 Å². The van der Waals surface area contributed by atoms with Gasteiger partial charge in [0.15, 0.2) is 0 Å². The lowest BCUT2D eigenvalue weighted by atomic mass is 9.84.